The van der Waals surface area contributed by atoms with E-state index in [-0.39, 0.29) is 16.8 Å². The van der Waals surface area contributed by atoms with Crippen LogP contribution in [0.1, 0.15) is 51.8 Å². The van der Waals surface area contributed by atoms with Crippen LogP contribution in [0, 0.1) is 0 Å². The van der Waals surface area contributed by atoms with E-state index < -0.39 is 15.4 Å². The van der Waals surface area contributed by atoms with Crippen molar-refractivity contribution in [1.82, 2.24) is 9.62 Å². The van der Waals surface area contributed by atoms with Gasteiger partial charge in [-0.05, 0) is 44.0 Å². The summed E-state index contributed by atoms with van der Waals surface area (Å²) in [5, 5.41) is 3.04. The zero-order valence-corrected chi connectivity index (χ0v) is 18.1. The molecule has 2 rings (SSSR count). The number of hydrogen-bond donors (Lipinski definition) is 1. The monoisotopic (exact) mass is 402 g/mol. The topological polar surface area (TPSA) is 66.5 Å². The molecule has 0 spiro atoms. The van der Waals surface area contributed by atoms with E-state index in [9.17, 15) is 13.2 Å². The lowest BCUT2D eigenvalue weighted by Gasteiger charge is -2.27. The van der Waals surface area contributed by atoms with Gasteiger partial charge in [0.05, 0.1) is 16.4 Å². The van der Waals surface area contributed by atoms with Crippen LogP contribution in [0.4, 0.5) is 0 Å². The summed E-state index contributed by atoms with van der Waals surface area (Å²) < 4.78 is 26.6. The van der Waals surface area contributed by atoms with Gasteiger partial charge in [0.25, 0.3) is 0 Å². The number of amides is 1. The summed E-state index contributed by atoms with van der Waals surface area (Å²) in [6, 6.07) is 16.1. The second-order valence-corrected chi connectivity index (χ2v) is 9.28. The van der Waals surface area contributed by atoms with Gasteiger partial charge in [0.2, 0.25) is 15.9 Å². The predicted octanol–water partition coefficient (Wildman–Crippen LogP) is 3.87. The number of benzene rings is 2. The van der Waals surface area contributed by atoms with Crippen LogP contribution in [0.25, 0.3) is 0 Å². The van der Waals surface area contributed by atoms with Gasteiger partial charge in [-0.15, -0.1) is 0 Å². The molecule has 0 aliphatic carbocycles. The van der Waals surface area contributed by atoms with E-state index in [1.54, 1.807) is 24.3 Å². The van der Waals surface area contributed by atoms with E-state index in [2.05, 4.69) is 5.32 Å². The number of hydrogen-bond acceptors (Lipinski definition) is 3. The van der Waals surface area contributed by atoms with Gasteiger partial charge in [-0.2, -0.15) is 4.31 Å². The minimum atomic E-state index is -3.48. The quantitative estimate of drug-likeness (QED) is 0.729. The van der Waals surface area contributed by atoms with Crippen molar-refractivity contribution < 1.29 is 13.2 Å². The molecule has 0 aliphatic heterocycles. The van der Waals surface area contributed by atoms with Crippen molar-refractivity contribution in [2.45, 2.75) is 51.0 Å². The van der Waals surface area contributed by atoms with Crippen LogP contribution in [0.15, 0.2) is 59.5 Å². The predicted molar refractivity (Wildman–Crippen MR) is 113 cm³/mol. The fraction of sp³-hybridized carbons (Fsp3) is 0.409. The lowest BCUT2D eigenvalue weighted by atomic mass is 9.83. The SMILES string of the molecule is CCN(CC)S(=O)(=O)c1ccc(C(C)NC(=O)C(C)(C)c2ccccc2)cc1. The molecule has 5 nitrogen and oxygen atoms in total. The van der Waals surface area contributed by atoms with Gasteiger partial charge in [-0.1, -0.05) is 56.3 Å². The highest BCUT2D eigenvalue weighted by Gasteiger charge is 2.30. The molecule has 0 aliphatic rings. The van der Waals surface area contributed by atoms with E-state index in [0.717, 1.165) is 11.1 Å². The third-order valence-corrected chi connectivity index (χ3v) is 7.20. The lowest BCUT2D eigenvalue weighted by molar-refractivity contribution is -0.126. The first-order valence-electron chi connectivity index (χ1n) is 9.61. The van der Waals surface area contributed by atoms with Crippen LogP contribution in [0.5, 0.6) is 0 Å². The Kier molecular flexibility index (Phi) is 7.01. The Morgan fingerprint density at radius 2 is 1.54 bits per heavy atom. The second-order valence-electron chi connectivity index (χ2n) is 7.34. The maximum absolute atomic E-state index is 12.8. The lowest BCUT2D eigenvalue weighted by Crippen LogP contribution is -2.41. The molecule has 0 bridgehead atoms. The van der Waals surface area contributed by atoms with E-state index in [1.807, 2.05) is 65.0 Å². The van der Waals surface area contributed by atoms with Gasteiger partial charge in [0, 0.05) is 13.1 Å². The maximum Gasteiger partial charge on any atom is 0.243 e. The van der Waals surface area contributed by atoms with E-state index >= 15 is 0 Å². The first-order chi connectivity index (χ1) is 13.1. The molecule has 28 heavy (non-hydrogen) atoms. The van der Waals surface area contributed by atoms with Gasteiger partial charge >= 0.3 is 0 Å². The van der Waals surface area contributed by atoms with Gasteiger partial charge in [0.15, 0.2) is 0 Å². The van der Waals surface area contributed by atoms with E-state index in [1.165, 1.54) is 4.31 Å². The summed E-state index contributed by atoms with van der Waals surface area (Å²) >= 11 is 0. The summed E-state index contributed by atoms with van der Waals surface area (Å²) in [4.78, 5) is 13.1. The fourth-order valence-corrected chi connectivity index (χ4v) is 4.55. The number of carbonyl (C=O) groups is 1. The fourth-order valence-electron chi connectivity index (χ4n) is 3.09. The molecule has 2 aromatic rings. The minimum Gasteiger partial charge on any atom is -0.349 e. The smallest absolute Gasteiger partial charge is 0.243 e. The van der Waals surface area contributed by atoms with E-state index in [0.29, 0.717) is 13.1 Å². The Balaban J connectivity index is 2.15. The van der Waals surface area contributed by atoms with Crippen LogP contribution in [-0.2, 0) is 20.2 Å². The second kappa shape index (κ2) is 8.88. The molecule has 1 N–H and O–H groups in total. The van der Waals surface area contributed by atoms with Gasteiger partial charge in [-0.25, -0.2) is 8.42 Å². The van der Waals surface area contributed by atoms with Crippen LogP contribution < -0.4 is 5.32 Å². The molecular weight excluding hydrogens is 372 g/mol. The van der Waals surface area contributed by atoms with Crippen molar-refractivity contribution in [3.8, 4) is 0 Å². The van der Waals surface area contributed by atoms with Crippen molar-refractivity contribution >= 4 is 15.9 Å². The third kappa shape index (κ3) is 4.62. The number of nitrogens with zero attached hydrogens (tertiary/aromatic N) is 1. The largest absolute Gasteiger partial charge is 0.349 e. The van der Waals surface area contributed by atoms with Crippen LogP contribution in [-0.4, -0.2) is 31.7 Å². The zero-order valence-electron chi connectivity index (χ0n) is 17.3. The van der Waals surface area contributed by atoms with Gasteiger partial charge < -0.3 is 5.32 Å². The normalized spacial score (nSPS) is 13.4. The first-order valence-corrected chi connectivity index (χ1v) is 11.0. The molecule has 0 saturated heterocycles. The molecule has 6 heteroatoms. The molecule has 1 atom stereocenters. The summed E-state index contributed by atoms with van der Waals surface area (Å²) in [5.74, 6) is -0.0777. The number of sulfonamides is 1. The summed E-state index contributed by atoms with van der Waals surface area (Å²) in [7, 11) is -3.48. The van der Waals surface area contributed by atoms with Crippen molar-refractivity contribution in [2.75, 3.05) is 13.1 Å². The van der Waals surface area contributed by atoms with Crippen LogP contribution in [0.3, 0.4) is 0 Å². The van der Waals surface area contributed by atoms with Crippen LogP contribution in [0.2, 0.25) is 0 Å². The molecule has 1 unspecified atom stereocenters. The zero-order chi connectivity index (χ0) is 20.9. The molecule has 2 aromatic carbocycles. The molecule has 152 valence electrons. The standard InChI is InChI=1S/C22H30N2O3S/c1-6-24(7-2)28(26,27)20-15-13-18(14-16-20)17(3)23-21(25)22(4,5)19-11-9-8-10-12-19/h8-17H,6-7H2,1-5H3,(H,23,25). The number of rotatable bonds is 8. The third-order valence-electron chi connectivity index (χ3n) is 5.13. The molecule has 0 heterocycles. The number of nitrogens with one attached hydrogen (secondary N) is 1. The highest BCUT2D eigenvalue weighted by atomic mass is 32.2. The highest BCUT2D eigenvalue weighted by molar-refractivity contribution is 7.89. The van der Waals surface area contributed by atoms with Crippen molar-refractivity contribution in [3.05, 3.63) is 65.7 Å². The Labute approximate surface area is 168 Å². The highest BCUT2D eigenvalue weighted by Crippen LogP contribution is 2.25. The molecule has 0 saturated carbocycles. The van der Waals surface area contributed by atoms with Crippen LogP contribution >= 0.6 is 0 Å². The van der Waals surface area contributed by atoms with Crippen molar-refractivity contribution in [1.29, 1.82) is 0 Å². The Hall–Kier alpha value is -2.18. The Bertz CT molecular complexity index is 887. The average Bonchev–Trinajstić information content (AvgIpc) is 2.69. The summed E-state index contributed by atoms with van der Waals surface area (Å²) in [6.07, 6.45) is 0. The summed E-state index contributed by atoms with van der Waals surface area (Å²) in [5.41, 5.74) is 1.14. The van der Waals surface area contributed by atoms with Gasteiger partial charge in [-0.3, -0.25) is 4.79 Å². The van der Waals surface area contributed by atoms with E-state index in [4.69, 9.17) is 0 Å². The molecule has 0 radical (unpaired) electrons. The Morgan fingerprint density at radius 3 is 2.04 bits per heavy atom. The first kappa shape index (κ1) is 22.1. The molecule has 1 amide bonds. The molecule has 0 fully saturated rings. The van der Waals surface area contributed by atoms with Gasteiger partial charge in [0.1, 0.15) is 0 Å². The van der Waals surface area contributed by atoms with Crippen molar-refractivity contribution in [2.24, 2.45) is 0 Å². The van der Waals surface area contributed by atoms with Crippen molar-refractivity contribution in [3.63, 3.8) is 0 Å². The average molecular weight is 403 g/mol. The number of carbonyl (C=O) groups excluding carboxylic acids is 1. The molecular formula is C22H30N2O3S. The summed E-state index contributed by atoms with van der Waals surface area (Å²) in [6.45, 7) is 10.2. The maximum atomic E-state index is 12.8. The Morgan fingerprint density at radius 1 is 1.00 bits per heavy atom. The minimum absolute atomic E-state index is 0.0777. The molecule has 0 aromatic heterocycles.